The standard InChI is InChI=1S/C16H21N3O2/c1-20-15-5-3-4-13(16(15)21-2)11-19-9-7-12(10-19)14-6-8-17-18-14/h3-6,8,12H,7,9-11H2,1-2H3,(H,17,18)/t12-/m1/s1. The van der Waals surface area contributed by atoms with Gasteiger partial charge in [0.1, 0.15) is 0 Å². The second-order valence-corrected chi connectivity index (χ2v) is 5.39. The summed E-state index contributed by atoms with van der Waals surface area (Å²) in [4.78, 5) is 2.45. The molecule has 0 radical (unpaired) electrons. The zero-order valence-electron chi connectivity index (χ0n) is 12.5. The maximum absolute atomic E-state index is 5.51. The van der Waals surface area contributed by atoms with Crippen molar-refractivity contribution >= 4 is 0 Å². The van der Waals surface area contributed by atoms with Crippen LogP contribution in [0.3, 0.4) is 0 Å². The summed E-state index contributed by atoms with van der Waals surface area (Å²) >= 11 is 0. The number of rotatable bonds is 5. The molecule has 2 aromatic rings. The monoisotopic (exact) mass is 287 g/mol. The van der Waals surface area contributed by atoms with Crippen LogP contribution in [0.5, 0.6) is 11.5 Å². The molecule has 0 amide bonds. The molecule has 5 nitrogen and oxygen atoms in total. The third-order valence-electron chi connectivity index (χ3n) is 4.11. The van der Waals surface area contributed by atoms with Crippen molar-refractivity contribution in [3.63, 3.8) is 0 Å². The Morgan fingerprint density at radius 2 is 2.19 bits per heavy atom. The predicted octanol–water partition coefficient (Wildman–Crippen LogP) is 2.42. The minimum absolute atomic E-state index is 0.545. The Morgan fingerprint density at radius 1 is 1.29 bits per heavy atom. The van der Waals surface area contributed by atoms with E-state index in [0.29, 0.717) is 5.92 Å². The molecule has 0 unspecified atom stereocenters. The molecule has 1 saturated heterocycles. The van der Waals surface area contributed by atoms with E-state index >= 15 is 0 Å². The van der Waals surface area contributed by atoms with Crippen molar-refractivity contribution in [3.05, 3.63) is 41.7 Å². The maximum atomic E-state index is 5.51. The lowest BCUT2D eigenvalue weighted by molar-refractivity contribution is 0.308. The Hall–Kier alpha value is -2.01. The van der Waals surface area contributed by atoms with Gasteiger partial charge in [-0.1, -0.05) is 12.1 Å². The molecule has 1 atom stereocenters. The SMILES string of the molecule is COc1cccc(CN2CC[C@@H](c3ccn[nH]3)C2)c1OC. The first-order valence-corrected chi connectivity index (χ1v) is 7.23. The van der Waals surface area contributed by atoms with Crippen LogP contribution in [0.4, 0.5) is 0 Å². The summed E-state index contributed by atoms with van der Waals surface area (Å²) in [6, 6.07) is 8.12. The van der Waals surface area contributed by atoms with Crippen molar-refractivity contribution in [1.82, 2.24) is 15.1 Å². The number of nitrogens with one attached hydrogen (secondary N) is 1. The van der Waals surface area contributed by atoms with Gasteiger partial charge in [-0.05, 0) is 25.1 Å². The molecule has 1 fully saturated rings. The van der Waals surface area contributed by atoms with Gasteiger partial charge in [0, 0.05) is 36.5 Å². The third kappa shape index (κ3) is 2.88. The van der Waals surface area contributed by atoms with Crippen LogP contribution < -0.4 is 9.47 Å². The van der Waals surface area contributed by atoms with Crippen molar-refractivity contribution in [2.75, 3.05) is 27.3 Å². The fourth-order valence-corrected chi connectivity index (χ4v) is 3.04. The molecule has 3 rings (SSSR count). The highest BCUT2D eigenvalue weighted by molar-refractivity contribution is 5.46. The first-order valence-electron chi connectivity index (χ1n) is 7.23. The fourth-order valence-electron chi connectivity index (χ4n) is 3.04. The molecule has 1 aliphatic heterocycles. The van der Waals surface area contributed by atoms with Crippen molar-refractivity contribution < 1.29 is 9.47 Å². The van der Waals surface area contributed by atoms with E-state index in [1.54, 1.807) is 14.2 Å². The first-order chi connectivity index (χ1) is 10.3. The van der Waals surface area contributed by atoms with Gasteiger partial charge in [0.15, 0.2) is 11.5 Å². The number of methoxy groups -OCH3 is 2. The smallest absolute Gasteiger partial charge is 0.165 e. The molecule has 0 spiro atoms. The summed E-state index contributed by atoms with van der Waals surface area (Å²) in [6.45, 7) is 3.01. The van der Waals surface area contributed by atoms with Crippen LogP contribution in [-0.4, -0.2) is 42.4 Å². The van der Waals surface area contributed by atoms with Crippen LogP contribution in [0.1, 0.15) is 23.6 Å². The number of nitrogens with zero attached hydrogens (tertiary/aromatic N) is 2. The number of hydrogen-bond donors (Lipinski definition) is 1. The van der Waals surface area contributed by atoms with Gasteiger partial charge in [-0.25, -0.2) is 0 Å². The van der Waals surface area contributed by atoms with E-state index in [-0.39, 0.29) is 0 Å². The van der Waals surface area contributed by atoms with Crippen molar-refractivity contribution in [2.24, 2.45) is 0 Å². The normalized spacial score (nSPS) is 18.9. The van der Waals surface area contributed by atoms with E-state index < -0.39 is 0 Å². The van der Waals surface area contributed by atoms with Crippen LogP contribution in [0, 0.1) is 0 Å². The van der Waals surface area contributed by atoms with Crippen LogP contribution in [0.15, 0.2) is 30.5 Å². The minimum atomic E-state index is 0.545. The van der Waals surface area contributed by atoms with Crippen LogP contribution in [0.25, 0.3) is 0 Å². The van der Waals surface area contributed by atoms with Gasteiger partial charge in [-0.3, -0.25) is 10.00 Å². The molecule has 5 heteroatoms. The van der Waals surface area contributed by atoms with E-state index in [1.165, 1.54) is 11.3 Å². The number of ether oxygens (including phenoxy) is 2. The van der Waals surface area contributed by atoms with Crippen LogP contribution in [-0.2, 0) is 6.54 Å². The average molecular weight is 287 g/mol. The van der Waals surface area contributed by atoms with Gasteiger partial charge in [-0.15, -0.1) is 0 Å². The van der Waals surface area contributed by atoms with Gasteiger partial charge < -0.3 is 9.47 Å². The number of aromatic nitrogens is 2. The Morgan fingerprint density at radius 3 is 2.90 bits per heavy atom. The van der Waals surface area contributed by atoms with Crippen molar-refractivity contribution in [3.8, 4) is 11.5 Å². The Bertz CT molecular complexity index is 583. The highest BCUT2D eigenvalue weighted by Gasteiger charge is 2.25. The molecule has 1 aromatic carbocycles. The Kier molecular flexibility index (Phi) is 4.10. The van der Waals surface area contributed by atoms with E-state index in [2.05, 4.69) is 27.2 Å². The molecule has 0 saturated carbocycles. The largest absolute Gasteiger partial charge is 0.493 e. The zero-order valence-corrected chi connectivity index (χ0v) is 12.5. The second-order valence-electron chi connectivity index (χ2n) is 5.39. The minimum Gasteiger partial charge on any atom is -0.493 e. The Labute approximate surface area is 124 Å². The van der Waals surface area contributed by atoms with E-state index in [1.807, 2.05) is 18.3 Å². The van der Waals surface area contributed by atoms with E-state index in [0.717, 1.165) is 37.6 Å². The third-order valence-corrected chi connectivity index (χ3v) is 4.11. The lowest BCUT2D eigenvalue weighted by Gasteiger charge is -2.19. The number of likely N-dealkylation sites (tertiary alicyclic amines) is 1. The van der Waals surface area contributed by atoms with Gasteiger partial charge >= 0.3 is 0 Å². The molecule has 1 N–H and O–H groups in total. The lowest BCUT2D eigenvalue weighted by atomic mass is 10.1. The highest BCUT2D eigenvalue weighted by Crippen LogP contribution is 2.33. The quantitative estimate of drug-likeness (QED) is 0.917. The lowest BCUT2D eigenvalue weighted by Crippen LogP contribution is -2.20. The van der Waals surface area contributed by atoms with E-state index in [4.69, 9.17) is 9.47 Å². The van der Waals surface area contributed by atoms with Gasteiger partial charge in [0.05, 0.1) is 14.2 Å². The number of aromatic amines is 1. The molecule has 1 aliphatic rings. The van der Waals surface area contributed by atoms with E-state index in [9.17, 15) is 0 Å². The summed E-state index contributed by atoms with van der Waals surface area (Å²) in [5, 5.41) is 7.13. The van der Waals surface area contributed by atoms with Crippen molar-refractivity contribution in [2.45, 2.75) is 18.9 Å². The molecular formula is C16H21N3O2. The fraction of sp³-hybridized carbons (Fsp3) is 0.438. The number of hydrogen-bond acceptors (Lipinski definition) is 4. The average Bonchev–Trinajstić information content (AvgIpc) is 3.17. The number of H-pyrrole nitrogens is 1. The maximum Gasteiger partial charge on any atom is 0.165 e. The first kappa shape index (κ1) is 13.9. The topological polar surface area (TPSA) is 50.4 Å². The Balaban J connectivity index is 1.70. The van der Waals surface area contributed by atoms with Crippen LogP contribution in [0.2, 0.25) is 0 Å². The summed E-state index contributed by atoms with van der Waals surface area (Å²) in [6.07, 6.45) is 2.98. The van der Waals surface area contributed by atoms with Gasteiger partial charge in [0.25, 0.3) is 0 Å². The molecule has 21 heavy (non-hydrogen) atoms. The predicted molar refractivity (Wildman–Crippen MR) is 80.8 cm³/mol. The molecular weight excluding hydrogens is 266 g/mol. The number of para-hydroxylation sites is 1. The summed E-state index contributed by atoms with van der Waals surface area (Å²) < 4.78 is 10.9. The van der Waals surface area contributed by atoms with Crippen LogP contribution >= 0.6 is 0 Å². The molecule has 1 aromatic heterocycles. The summed E-state index contributed by atoms with van der Waals surface area (Å²) in [5.74, 6) is 2.17. The summed E-state index contributed by atoms with van der Waals surface area (Å²) in [5.41, 5.74) is 2.40. The van der Waals surface area contributed by atoms with Gasteiger partial charge in [0.2, 0.25) is 0 Å². The van der Waals surface area contributed by atoms with Crippen molar-refractivity contribution in [1.29, 1.82) is 0 Å². The number of benzene rings is 1. The van der Waals surface area contributed by atoms with Gasteiger partial charge in [-0.2, -0.15) is 5.10 Å². The molecule has 112 valence electrons. The molecule has 0 bridgehead atoms. The second kappa shape index (κ2) is 6.18. The molecule has 2 heterocycles. The summed E-state index contributed by atoms with van der Waals surface area (Å²) in [7, 11) is 3.37. The zero-order chi connectivity index (χ0) is 14.7. The molecule has 0 aliphatic carbocycles. The highest BCUT2D eigenvalue weighted by atomic mass is 16.5.